The molecule has 1 unspecified atom stereocenters. The average Bonchev–Trinajstić information content (AvgIpc) is 2.68. The molecule has 0 aliphatic carbocycles. The van der Waals surface area contributed by atoms with Gasteiger partial charge in [0.15, 0.2) is 0 Å². The van der Waals surface area contributed by atoms with Crippen molar-refractivity contribution in [3.8, 4) is 11.5 Å². The van der Waals surface area contributed by atoms with Gasteiger partial charge in [0.25, 0.3) is 11.8 Å². The minimum absolute atomic E-state index is 0.223. The summed E-state index contributed by atoms with van der Waals surface area (Å²) in [6.07, 6.45) is 0.223. The summed E-state index contributed by atoms with van der Waals surface area (Å²) >= 11 is 0. The summed E-state index contributed by atoms with van der Waals surface area (Å²) in [5.74, 6) is 0.384. The Morgan fingerprint density at radius 2 is 1.73 bits per heavy atom. The fourth-order valence-corrected chi connectivity index (χ4v) is 2.45. The van der Waals surface area contributed by atoms with Crippen LogP contribution in [-0.4, -0.2) is 39.2 Å². The molecule has 0 fully saturated rings. The van der Waals surface area contributed by atoms with Crippen LogP contribution in [0.1, 0.15) is 15.9 Å². The van der Waals surface area contributed by atoms with Gasteiger partial charge in [0.05, 0.1) is 21.3 Å². The van der Waals surface area contributed by atoms with Gasteiger partial charge in [-0.3, -0.25) is 14.4 Å². The lowest BCUT2D eigenvalue weighted by Crippen LogP contribution is -2.47. The predicted octanol–water partition coefficient (Wildman–Crippen LogP) is 1.72. The average molecular weight is 358 g/mol. The lowest BCUT2D eigenvalue weighted by molar-refractivity contribution is -0.133. The van der Waals surface area contributed by atoms with E-state index in [9.17, 15) is 9.59 Å². The minimum Gasteiger partial charge on any atom is -0.497 e. The van der Waals surface area contributed by atoms with Gasteiger partial charge in [-0.25, -0.2) is 5.48 Å². The normalized spacial score (nSPS) is 11.3. The van der Waals surface area contributed by atoms with Crippen LogP contribution in [0.2, 0.25) is 0 Å². The van der Waals surface area contributed by atoms with Crippen molar-refractivity contribution in [2.75, 3.05) is 21.3 Å². The second-order valence-corrected chi connectivity index (χ2v) is 5.44. The van der Waals surface area contributed by atoms with E-state index in [-0.39, 0.29) is 12.3 Å². The number of carbonyl (C=O) groups excluding carboxylic acids is 2. The summed E-state index contributed by atoms with van der Waals surface area (Å²) in [5.41, 5.74) is 3.47. The number of hydrogen-bond acceptors (Lipinski definition) is 5. The predicted molar refractivity (Wildman–Crippen MR) is 96.1 cm³/mol. The zero-order valence-electron chi connectivity index (χ0n) is 14.9. The molecule has 2 amide bonds. The Kier molecular flexibility index (Phi) is 6.99. The SMILES string of the molecule is CONC(=O)C(Cc1ccc(OC)cc1OC)NC(=O)c1ccccc1. The van der Waals surface area contributed by atoms with Crippen LogP contribution in [0.15, 0.2) is 48.5 Å². The van der Waals surface area contributed by atoms with Crippen molar-refractivity contribution in [1.29, 1.82) is 0 Å². The van der Waals surface area contributed by atoms with Gasteiger partial charge in [-0.05, 0) is 23.8 Å². The number of amides is 2. The molecule has 0 aliphatic heterocycles. The molecular formula is C19H22N2O5. The molecule has 138 valence electrons. The fraction of sp³-hybridized carbons (Fsp3) is 0.263. The monoisotopic (exact) mass is 358 g/mol. The van der Waals surface area contributed by atoms with Crippen molar-refractivity contribution < 1.29 is 23.9 Å². The molecule has 26 heavy (non-hydrogen) atoms. The van der Waals surface area contributed by atoms with Gasteiger partial charge in [-0.1, -0.05) is 24.3 Å². The van der Waals surface area contributed by atoms with Crippen molar-refractivity contribution in [2.45, 2.75) is 12.5 Å². The Morgan fingerprint density at radius 1 is 1.00 bits per heavy atom. The quantitative estimate of drug-likeness (QED) is 0.702. The number of benzene rings is 2. The zero-order valence-corrected chi connectivity index (χ0v) is 14.9. The highest BCUT2D eigenvalue weighted by Crippen LogP contribution is 2.25. The lowest BCUT2D eigenvalue weighted by atomic mass is 10.0. The summed E-state index contributed by atoms with van der Waals surface area (Å²) < 4.78 is 10.5. The maximum absolute atomic E-state index is 12.4. The Balaban J connectivity index is 2.22. The second-order valence-electron chi connectivity index (χ2n) is 5.44. The van der Waals surface area contributed by atoms with E-state index in [1.54, 1.807) is 49.6 Å². The smallest absolute Gasteiger partial charge is 0.266 e. The molecule has 2 aromatic carbocycles. The maximum atomic E-state index is 12.4. The Hall–Kier alpha value is -3.06. The molecule has 0 bridgehead atoms. The summed E-state index contributed by atoms with van der Waals surface area (Å²) in [5, 5.41) is 2.73. The molecule has 0 aromatic heterocycles. The van der Waals surface area contributed by atoms with Crippen molar-refractivity contribution in [1.82, 2.24) is 10.8 Å². The number of rotatable bonds is 8. The number of methoxy groups -OCH3 is 2. The molecular weight excluding hydrogens is 336 g/mol. The first-order chi connectivity index (χ1) is 12.6. The highest BCUT2D eigenvalue weighted by molar-refractivity contribution is 5.97. The van der Waals surface area contributed by atoms with Crippen molar-refractivity contribution in [2.24, 2.45) is 0 Å². The Labute approximate surface area is 152 Å². The fourth-order valence-electron chi connectivity index (χ4n) is 2.45. The molecule has 2 N–H and O–H groups in total. The number of ether oxygens (including phenoxy) is 2. The van der Waals surface area contributed by atoms with Crippen LogP contribution in [0, 0.1) is 0 Å². The molecule has 0 saturated carbocycles. The highest BCUT2D eigenvalue weighted by atomic mass is 16.6. The van der Waals surface area contributed by atoms with E-state index < -0.39 is 11.9 Å². The van der Waals surface area contributed by atoms with E-state index in [4.69, 9.17) is 14.3 Å². The molecule has 0 heterocycles. The molecule has 1 atom stereocenters. The third-order valence-corrected chi connectivity index (χ3v) is 3.78. The Morgan fingerprint density at radius 3 is 2.35 bits per heavy atom. The van der Waals surface area contributed by atoms with E-state index in [0.717, 1.165) is 5.56 Å². The molecule has 0 saturated heterocycles. The maximum Gasteiger partial charge on any atom is 0.266 e. The third-order valence-electron chi connectivity index (χ3n) is 3.78. The van der Waals surface area contributed by atoms with Gasteiger partial charge >= 0.3 is 0 Å². The third kappa shape index (κ3) is 4.97. The van der Waals surface area contributed by atoms with E-state index in [2.05, 4.69) is 10.8 Å². The molecule has 0 aliphatic rings. The number of hydrogen-bond donors (Lipinski definition) is 2. The van der Waals surface area contributed by atoms with Crippen molar-refractivity contribution in [3.05, 3.63) is 59.7 Å². The van der Waals surface area contributed by atoms with E-state index >= 15 is 0 Å². The first-order valence-electron chi connectivity index (χ1n) is 7.98. The molecule has 0 spiro atoms. The summed E-state index contributed by atoms with van der Waals surface area (Å²) in [7, 11) is 4.43. The molecule has 2 rings (SSSR count). The van der Waals surface area contributed by atoms with E-state index in [1.165, 1.54) is 14.2 Å². The van der Waals surface area contributed by atoms with Gasteiger partial charge in [-0.2, -0.15) is 0 Å². The molecule has 2 aromatic rings. The minimum atomic E-state index is -0.843. The zero-order chi connectivity index (χ0) is 18.9. The Bertz CT molecular complexity index is 749. The molecule has 7 heteroatoms. The number of hydroxylamine groups is 1. The number of carbonyl (C=O) groups is 2. The molecule has 7 nitrogen and oxygen atoms in total. The van der Waals surface area contributed by atoms with Crippen molar-refractivity contribution >= 4 is 11.8 Å². The van der Waals surface area contributed by atoms with Gasteiger partial charge in [0.2, 0.25) is 0 Å². The van der Waals surface area contributed by atoms with Crippen LogP contribution in [0.3, 0.4) is 0 Å². The van der Waals surface area contributed by atoms with Crippen LogP contribution in [-0.2, 0) is 16.1 Å². The first-order valence-corrected chi connectivity index (χ1v) is 7.98. The standard InChI is InChI=1S/C19H22N2O5/c1-24-15-10-9-14(17(12-15)25-2)11-16(19(23)21-26-3)20-18(22)13-7-5-4-6-8-13/h4-10,12,16H,11H2,1-3H3,(H,20,22)(H,21,23). The summed E-state index contributed by atoms with van der Waals surface area (Å²) in [6.45, 7) is 0. The van der Waals surface area contributed by atoms with Crippen LogP contribution in [0.25, 0.3) is 0 Å². The topological polar surface area (TPSA) is 85.9 Å². The first kappa shape index (κ1) is 19.3. The second kappa shape index (κ2) is 9.43. The van der Waals surface area contributed by atoms with E-state index in [1.807, 2.05) is 6.07 Å². The number of nitrogens with one attached hydrogen (secondary N) is 2. The van der Waals surface area contributed by atoms with E-state index in [0.29, 0.717) is 17.1 Å². The highest BCUT2D eigenvalue weighted by Gasteiger charge is 2.23. The van der Waals surface area contributed by atoms with Gasteiger partial charge in [0.1, 0.15) is 17.5 Å². The largest absolute Gasteiger partial charge is 0.497 e. The van der Waals surface area contributed by atoms with Gasteiger partial charge < -0.3 is 14.8 Å². The van der Waals surface area contributed by atoms with Gasteiger partial charge in [0, 0.05) is 18.1 Å². The van der Waals surface area contributed by atoms with Crippen LogP contribution in [0.4, 0.5) is 0 Å². The lowest BCUT2D eigenvalue weighted by Gasteiger charge is -2.19. The van der Waals surface area contributed by atoms with Crippen molar-refractivity contribution in [3.63, 3.8) is 0 Å². The van der Waals surface area contributed by atoms with Crippen LogP contribution in [0.5, 0.6) is 11.5 Å². The molecule has 0 radical (unpaired) electrons. The summed E-state index contributed by atoms with van der Waals surface area (Å²) in [6, 6.07) is 13.1. The van der Waals surface area contributed by atoms with Crippen LogP contribution < -0.4 is 20.3 Å². The van der Waals surface area contributed by atoms with Gasteiger partial charge in [-0.15, -0.1) is 0 Å². The van der Waals surface area contributed by atoms with Crippen LogP contribution >= 0.6 is 0 Å². The summed E-state index contributed by atoms with van der Waals surface area (Å²) in [4.78, 5) is 29.4.